The van der Waals surface area contributed by atoms with Crippen LogP contribution in [-0.4, -0.2) is 19.6 Å². The summed E-state index contributed by atoms with van der Waals surface area (Å²) in [7, 11) is 0. The van der Waals surface area contributed by atoms with E-state index in [-0.39, 0.29) is 6.04 Å². The van der Waals surface area contributed by atoms with Crippen LogP contribution < -0.4 is 5.32 Å². The lowest BCUT2D eigenvalue weighted by atomic mass is 9.96. The van der Waals surface area contributed by atoms with Crippen molar-refractivity contribution < 1.29 is 0 Å². The Balaban J connectivity index is 1.79. The summed E-state index contributed by atoms with van der Waals surface area (Å²) in [6.45, 7) is 4.42. The first-order valence-electron chi connectivity index (χ1n) is 8.80. The zero-order chi connectivity index (χ0) is 17.9. The van der Waals surface area contributed by atoms with Gasteiger partial charge in [-0.25, -0.2) is 4.98 Å². The zero-order valence-corrected chi connectivity index (χ0v) is 14.9. The van der Waals surface area contributed by atoms with Crippen molar-refractivity contribution in [3.63, 3.8) is 0 Å². The van der Waals surface area contributed by atoms with Crippen LogP contribution in [0.4, 0.5) is 5.82 Å². The fourth-order valence-corrected chi connectivity index (χ4v) is 3.13. The largest absolute Gasteiger partial charge is 0.363 e. The van der Waals surface area contributed by atoms with Crippen LogP contribution >= 0.6 is 0 Å². The molecule has 1 unspecified atom stereocenters. The Labute approximate surface area is 152 Å². The molecule has 5 heteroatoms. The van der Waals surface area contributed by atoms with E-state index in [2.05, 4.69) is 70.6 Å². The van der Waals surface area contributed by atoms with E-state index >= 15 is 0 Å². The quantitative estimate of drug-likeness (QED) is 0.575. The number of fused-ring (bicyclic) bond motifs is 1. The number of aromatic nitrogens is 4. The lowest BCUT2D eigenvalue weighted by Gasteiger charge is -2.24. The molecule has 0 aliphatic heterocycles. The molecule has 0 aliphatic rings. The molecule has 1 atom stereocenters. The Bertz CT molecular complexity index is 993. The second-order valence-electron chi connectivity index (χ2n) is 6.64. The van der Waals surface area contributed by atoms with E-state index < -0.39 is 0 Å². The van der Waals surface area contributed by atoms with Crippen LogP contribution in [0.2, 0.25) is 0 Å². The Kier molecular flexibility index (Phi) is 4.35. The smallest absolute Gasteiger partial charge is 0.254 e. The number of hydrogen-bond donors (Lipinski definition) is 1. The molecule has 4 aromatic rings. The molecule has 0 amide bonds. The molecular formula is C21H21N5. The van der Waals surface area contributed by atoms with Crippen LogP contribution in [0, 0.1) is 5.92 Å². The maximum absolute atomic E-state index is 4.64. The molecule has 130 valence electrons. The van der Waals surface area contributed by atoms with Gasteiger partial charge in [0.2, 0.25) is 0 Å². The van der Waals surface area contributed by atoms with Gasteiger partial charge in [-0.3, -0.25) is 0 Å². The van der Waals surface area contributed by atoms with E-state index in [0.717, 1.165) is 17.1 Å². The van der Waals surface area contributed by atoms with Crippen molar-refractivity contribution in [2.24, 2.45) is 5.92 Å². The summed E-state index contributed by atoms with van der Waals surface area (Å²) in [5.41, 5.74) is 3.18. The highest BCUT2D eigenvalue weighted by molar-refractivity contribution is 5.65. The number of hydrogen-bond acceptors (Lipinski definition) is 4. The number of rotatable bonds is 5. The summed E-state index contributed by atoms with van der Waals surface area (Å²) >= 11 is 0. The minimum absolute atomic E-state index is 0.162. The first-order chi connectivity index (χ1) is 12.7. The first-order valence-corrected chi connectivity index (χ1v) is 8.80. The highest BCUT2D eigenvalue weighted by atomic mass is 15.4. The minimum Gasteiger partial charge on any atom is -0.363 e. The summed E-state index contributed by atoms with van der Waals surface area (Å²) in [5, 5.41) is 7.99. The van der Waals surface area contributed by atoms with Gasteiger partial charge in [0.1, 0.15) is 12.1 Å². The zero-order valence-electron chi connectivity index (χ0n) is 14.9. The number of nitrogens with one attached hydrogen (secondary N) is 1. The summed E-state index contributed by atoms with van der Waals surface area (Å²) < 4.78 is 1.75. The van der Waals surface area contributed by atoms with Gasteiger partial charge >= 0.3 is 0 Å². The number of benzene rings is 2. The lowest BCUT2D eigenvalue weighted by Crippen LogP contribution is -2.19. The highest BCUT2D eigenvalue weighted by Gasteiger charge is 2.18. The standard InChI is InChI=1S/C21H21N5/c1-15(2)20(17-11-7-4-8-12-17)25-19-13-18(16-9-5-3-6-10-16)24-21-22-14-23-26(19)21/h3-15,20,25H,1-2H3. The second kappa shape index (κ2) is 6.96. The second-order valence-corrected chi connectivity index (χ2v) is 6.64. The van der Waals surface area contributed by atoms with Crippen molar-refractivity contribution in [3.05, 3.63) is 78.6 Å². The molecule has 0 saturated heterocycles. The maximum atomic E-state index is 4.64. The molecule has 4 rings (SSSR count). The van der Waals surface area contributed by atoms with Crippen LogP contribution in [0.5, 0.6) is 0 Å². The molecule has 0 spiro atoms. The normalized spacial score (nSPS) is 12.4. The summed E-state index contributed by atoms with van der Waals surface area (Å²) in [6.07, 6.45) is 1.54. The van der Waals surface area contributed by atoms with Crippen molar-refractivity contribution >= 4 is 11.6 Å². The monoisotopic (exact) mass is 343 g/mol. The predicted octanol–water partition coefficient (Wildman–Crippen LogP) is 4.60. The van der Waals surface area contributed by atoms with Crippen LogP contribution in [0.25, 0.3) is 17.0 Å². The molecular weight excluding hydrogens is 322 g/mol. The van der Waals surface area contributed by atoms with Gasteiger partial charge in [0.05, 0.1) is 11.7 Å². The van der Waals surface area contributed by atoms with E-state index in [1.807, 2.05) is 30.3 Å². The Hall–Kier alpha value is -3.21. The third-order valence-corrected chi connectivity index (χ3v) is 4.45. The lowest BCUT2D eigenvalue weighted by molar-refractivity contribution is 0.543. The topological polar surface area (TPSA) is 55.1 Å². The average molecular weight is 343 g/mol. The van der Waals surface area contributed by atoms with Crippen molar-refractivity contribution in [1.29, 1.82) is 0 Å². The van der Waals surface area contributed by atoms with Gasteiger partial charge in [-0.1, -0.05) is 74.5 Å². The Morgan fingerprint density at radius 1 is 0.923 bits per heavy atom. The molecule has 2 heterocycles. The fourth-order valence-electron chi connectivity index (χ4n) is 3.13. The molecule has 5 nitrogen and oxygen atoms in total. The molecule has 0 aliphatic carbocycles. The van der Waals surface area contributed by atoms with E-state index in [0.29, 0.717) is 11.7 Å². The van der Waals surface area contributed by atoms with Crippen LogP contribution in [0.1, 0.15) is 25.5 Å². The molecule has 2 aromatic carbocycles. The average Bonchev–Trinajstić information content (AvgIpc) is 3.16. The van der Waals surface area contributed by atoms with Crippen molar-refractivity contribution in [2.75, 3.05) is 5.32 Å². The van der Waals surface area contributed by atoms with Crippen LogP contribution in [0.15, 0.2) is 73.1 Å². The van der Waals surface area contributed by atoms with Crippen molar-refractivity contribution in [1.82, 2.24) is 19.6 Å². The van der Waals surface area contributed by atoms with E-state index in [4.69, 9.17) is 0 Å². The summed E-state index contributed by atoms with van der Waals surface area (Å²) in [4.78, 5) is 8.93. The van der Waals surface area contributed by atoms with E-state index in [9.17, 15) is 0 Å². The molecule has 0 fully saturated rings. The minimum atomic E-state index is 0.162. The van der Waals surface area contributed by atoms with Crippen molar-refractivity contribution in [3.8, 4) is 11.3 Å². The molecule has 0 bridgehead atoms. The van der Waals surface area contributed by atoms with Crippen LogP contribution in [-0.2, 0) is 0 Å². The van der Waals surface area contributed by atoms with Gasteiger partial charge in [0.15, 0.2) is 0 Å². The van der Waals surface area contributed by atoms with Gasteiger partial charge in [-0.15, -0.1) is 0 Å². The van der Waals surface area contributed by atoms with Gasteiger partial charge in [-0.2, -0.15) is 14.6 Å². The summed E-state index contributed by atoms with van der Waals surface area (Å²) in [5.74, 6) is 1.88. The van der Waals surface area contributed by atoms with Gasteiger partial charge in [0.25, 0.3) is 5.78 Å². The number of anilines is 1. The Morgan fingerprint density at radius 3 is 2.31 bits per heavy atom. The maximum Gasteiger partial charge on any atom is 0.254 e. The Morgan fingerprint density at radius 2 is 1.62 bits per heavy atom. The van der Waals surface area contributed by atoms with Crippen LogP contribution in [0.3, 0.4) is 0 Å². The van der Waals surface area contributed by atoms with Crippen molar-refractivity contribution in [2.45, 2.75) is 19.9 Å². The predicted molar refractivity (Wildman–Crippen MR) is 104 cm³/mol. The number of nitrogens with zero attached hydrogens (tertiary/aromatic N) is 4. The highest BCUT2D eigenvalue weighted by Crippen LogP contribution is 2.28. The molecule has 0 saturated carbocycles. The molecule has 0 radical (unpaired) electrons. The fraction of sp³-hybridized carbons (Fsp3) is 0.190. The summed E-state index contributed by atoms with van der Waals surface area (Å²) in [6, 6.07) is 22.8. The molecule has 2 aromatic heterocycles. The van der Waals surface area contributed by atoms with Gasteiger partial charge in [-0.05, 0) is 11.5 Å². The third kappa shape index (κ3) is 3.16. The molecule has 1 N–H and O–H groups in total. The van der Waals surface area contributed by atoms with E-state index in [1.54, 1.807) is 4.52 Å². The molecule has 26 heavy (non-hydrogen) atoms. The third-order valence-electron chi connectivity index (χ3n) is 4.45. The van der Waals surface area contributed by atoms with Gasteiger partial charge in [0, 0.05) is 11.6 Å². The first kappa shape index (κ1) is 16.3. The SMILES string of the molecule is CC(C)C(Nc1cc(-c2ccccc2)nc2ncnn12)c1ccccc1. The van der Waals surface area contributed by atoms with E-state index in [1.165, 1.54) is 11.9 Å². The van der Waals surface area contributed by atoms with Gasteiger partial charge < -0.3 is 5.32 Å².